The van der Waals surface area contributed by atoms with E-state index >= 15 is 0 Å². The third-order valence-electron chi connectivity index (χ3n) is 5.34. The van der Waals surface area contributed by atoms with Crippen LogP contribution in [0.25, 0.3) is 22.4 Å². The lowest BCUT2D eigenvalue weighted by atomic mass is 9.93. The number of pyridine rings is 1. The zero-order chi connectivity index (χ0) is 22.2. The molecule has 0 unspecified atom stereocenters. The second kappa shape index (κ2) is 10.8. The van der Waals surface area contributed by atoms with Crippen LogP contribution in [0.2, 0.25) is 5.02 Å². The molecule has 0 radical (unpaired) electrons. The van der Waals surface area contributed by atoms with Crippen LogP contribution in [0.5, 0.6) is 5.75 Å². The van der Waals surface area contributed by atoms with E-state index in [1.165, 1.54) is 25.7 Å². The number of anilines is 1. The first kappa shape index (κ1) is 22.7. The molecule has 0 spiro atoms. The largest absolute Gasteiger partial charge is 0.494 e. The van der Waals surface area contributed by atoms with E-state index < -0.39 is 0 Å². The van der Waals surface area contributed by atoms with Gasteiger partial charge in [0.25, 0.3) is 0 Å². The average molecular weight is 434 g/mol. The molecular weight excluding hydrogens is 406 g/mol. The van der Waals surface area contributed by atoms with Gasteiger partial charge in [-0.15, -0.1) is 0 Å². The lowest BCUT2D eigenvalue weighted by Crippen LogP contribution is -2.03. The second-order valence-electron chi connectivity index (χ2n) is 7.63. The first-order valence-corrected chi connectivity index (χ1v) is 11.1. The number of nitriles is 1. The molecule has 3 aromatic rings. The van der Waals surface area contributed by atoms with Crippen LogP contribution in [0.15, 0.2) is 48.5 Å². The highest BCUT2D eigenvalue weighted by molar-refractivity contribution is 6.30. The summed E-state index contributed by atoms with van der Waals surface area (Å²) < 4.78 is 5.88. The minimum atomic E-state index is 0.213. The van der Waals surface area contributed by atoms with Gasteiger partial charge in [-0.2, -0.15) is 5.26 Å². The molecule has 0 saturated heterocycles. The number of benzene rings is 2. The van der Waals surface area contributed by atoms with Crippen LogP contribution in [-0.4, -0.2) is 11.6 Å². The SMILES string of the molecule is CCCCCCCOc1ccc(-c2c(C)c(-c3cccc(Cl)c3)nc(N)c2C#N)cc1. The molecule has 2 aromatic carbocycles. The Hall–Kier alpha value is -3.03. The van der Waals surface area contributed by atoms with Crippen molar-refractivity contribution in [2.75, 3.05) is 12.3 Å². The van der Waals surface area contributed by atoms with Gasteiger partial charge in [-0.3, -0.25) is 0 Å². The number of nitrogens with zero attached hydrogens (tertiary/aromatic N) is 2. The van der Waals surface area contributed by atoms with Crippen molar-refractivity contribution < 1.29 is 4.74 Å². The van der Waals surface area contributed by atoms with E-state index in [0.29, 0.717) is 17.2 Å². The Morgan fingerprint density at radius 3 is 2.45 bits per heavy atom. The fourth-order valence-corrected chi connectivity index (χ4v) is 3.89. The molecule has 31 heavy (non-hydrogen) atoms. The van der Waals surface area contributed by atoms with Gasteiger partial charge in [0.2, 0.25) is 0 Å². The van der Waals surface area contributed by atoms with E-state index in [0.717, 1.165) is 40.1 Å². The lowest BCUT2D eigenvalue weighted by molar-refractivity contribution is 0.304. The van der Waals surface area contributed by atoms with Crippen molar-refractivity contribution in [2.24, 2.45) is 0 Å². The molecule has 2 N–H and O–H groups in total. The number of rotatable bonds is 9. The van der Waals surface area contributed by atoms with Crippen LogP contribution >= 0.6 is 11.6 Å². The van der Waals surface area contributed by atoms with Crippen molar-refractivity contribution in [3.63, 3.8) is 0 Å². The fraction of sp³-hybridized carbons (Fsp3) is 0.308. The van der Waals surface area contributed by atoms with Gasteiger partial charge in [-0.1, -0.05) is 68.5 Å². The van der Waals surface area contributed by atoms with Crippen molar-refractivity contribution in [1.29, 1.82) is 5.26 Å². The Kier molecular flexibility index (Phi) is 7.92. The van der Waals surface area contributed by atoms with Crippen molar-refractivity contribution in [1.82, 2.24) is 4.98 Å². The average Bonchev–Trinajstić information content (AvgIpc) is 2.77. The molecule has 0 aliphatic carbocycles. The van der Waals surface area contributed by atoms with Crippen LogP contribution < -0.4 is 10.5 Å². The van der Waals surface area contributed by atoms with Crippen LogP contribution in [0, 0.1) is 18.3 Å². The van der Waals surface area contributed by atoms with E-state index in [1.54, 1.807) is 0 Å². The maximum absolute atomic E-state index is 9.73. The van der Waals surface area contributed by atoms with Gasteiger partial charge in [0, 0.05) is 16.1 Å². The molecule has 0 aliphatic heterocycles. The minimum Gasteiger partial charge on any atom is -0.494 e. The smallest absolute Gasteiger partial charge is 0.142 e. The maximum Gasteiger partial charge on any atom is 0.142 e. The lowest BCUT2D eigenvalue weighted by Gasteiger charge is -2.16. The summed E-state index contributed by atoms with van der Waals surface area (Å²) in [4.78, 5) is 4.50. The van der Waals surface area contributed by atoms with Crippen LogP contribution in [0.4, 0.5) is 5.82 Å². The Morgan fingerprint density at radius 2 is 1.77 bits per heavy atom. The van der Waals surface area contributed by atoms with Crippen LogP contribution in [-0.2, 0) is 0 Å². The van der Waals surface area contributed by atoms with Gasteiger partial charge in [0.15, 0.2) is 0 Å². The molecule has 0 saturated carbocycles. The quantitative estimate of drug-likeness (QED) is 0.362. The van der Waals surface area contributed by atoms with Gasteiger partial charge in [-0.25, -0.2) is 4.98 Å². The third-order valence-corrected chi connectivity index (χ3v) is 5.57. The number of hydrogen-bond donors (Lipinski definition) is 1. The highest BCUT2D eigenvalue weighted by Crippen LogP contribution is 2.36. The number of ether oxygens (including phenoxy) is 1. The summed E-state index contributed by atoms with van der Waals surface area (Å²) in [5.41, 5.74) is 10.7. The molecule has 4 nitrogen and oxygen atoms in total. The van der Waals surface area contributed by atoms with Crippen LogP contribution in [0.1, 0.15) is 50.2 Å². The molecular formula is C26H28ClN3O. The number of nitrogen functional groups attached to an aromatic ring is 1. The molecule has 3 rings (SSSR count). The van der Waals surface area contributed by atoms with Gasteiger partial charge in [0.05, 0.1) is 12.3 Å². The predicted molar refractivity (Wildman–Crippen MR) is 128 cm³/mol. The zero-order valence-electron chi connectivity index (χ0n) is 18.1. The summed E-state index contributed by atoms with van der Waals surface area (Å²) >= 11 is 6.17. The molecule has 0 atom stereocenters. The monoisotopic (exact) mass is 433 g/mol. The molecule has 160 valence electrons. The molecule has 0 aliphatic rings. The third kappa shape index (κ3) is 5.57. The standard InChI is InChI=1S/C26H28ClN3O/c1-3-4-5-6-7-15-31-22-13-11-19(12-14-22)24-18(2)25(30-26(29)23(24)17-28)20-9-8-10-21(27)16-20/h8-14,16H,3-7,15H2,1-2H3,(H2,29,30). The summed E-state index contributed by atoms with van der Waals surface area (Å²) in [6, 6.07) is 17.5. The number of nitrogens with two attached hydrogens (primary N) is 1. The topological polar surface area (TPSA) is 71.9 Å². The van der Waals surface area contributed by atoms with E-state index in [9.17, 15) is 5.26 Å². The van der Waals surface area contributed by atoms with E-state index in [-0.39, 0.29) is 5.82 Å². The summed E-state index contributed by atoms with van der Waals surface area (Å²) in [6.45, 7) is 4.89. The summed E-state index contributed by atoms with van der Waals surface area (Å²) in [6.07, 6.45) is 6.03. The maximum atomic E-state index is 9.73. The summed E-state index contributed by atoms with van der Waals surface area (Å²) in [5, 5.41) is 10.4. The molecule has 5 heteroatoms. The van der Waals surface area contributed by atoms with Gasteiger partial charge < -0.3 is 10.5 Å². The normalized spacial score (nSPS) is 10.6. The fourth-order valence-electron chi connectivity index (χ4n) is 3.70. The Morgan fingerprint density at radius 1 is 1.03 bits per heavy atom. The first-order chi connectivity index (χ1) is 15.0. The second-order valence-corrected chi connectivity index (χ2v) is 8.07. The summed E-state index contributed by atoms with van der Waals surface area (Å²) in [5.74, 6) is 1.04. The number of hydrogen-bond acceptors (Lipinski definition) is 4. The molecule has 1 heterocycles. The highest BCUT2D eigenvalue weighted by atomic mass is 35.5. The van der Waals surface area contributed by atoms with Gasteiger partial charge in [0.1, 0.15) is 23.2 Å². The van der Waals surface area contributed by atoms with E-state index in [1.807, 2.05) is 55.5 Å². The van der Waals surface area contributed by atoms with Crippen molar-refractivity contribution in [3.8, 4) is 34.2 Å². The van der Waals surface area contributed by atoms with E-state index in [2.05, 4.69) is 18.0 Å². The van der Waals surface area contributed by atoms with Gasteiger partial charge in [-0.05, 0) is 48.7 Å². The number of unbranched alkanes of at least 4 members (excludes halogenated alkanes) is 4. The Balaban J connectivity index is 1.87. The highest BCUT2D eigenvalue weighted by Gasteiger charge is 2.18. The predicted octanol–water partition coefficient (Wildman–Crippen LogP) is 7.18. The Labute approximate surface area is 189 Å². The number of aromatic nitrogens is 1. The van der Waals surface area contributed by atoms with Crippen molar-refractivity contribution >= 4 is 17.4 Å². The van der Waals surface area contributed by atoms with Crippen molar-refractivity contribution in [2.45, 2.75) is 46.0 Å². The first-order valence-electron chi connectivity index (χ1n) is 10.7. The number of halogens is 1. The molecule has 0 fully saturated rings. The van der Waals surface area contributed by atoms with Gasteiger partial charge >= 0.3 is 0 Å². The molecule has 1 aromatic heterocycles. The van der Waals surface area contributed by atoms with E-state index in [4.69, 9.17) is 22.1 Å². The van der Waals surface area contributed by atoms with Crippen LogP contribution in [0.3, 0.4) is 0 Å². The molecule has 0 amide bonds. The Bertz CT molecular complexity index is 1070. The zero-order valence-corrected chi connectivity index (χ0v) is 18.9. The summed E-state index contributed by atoms with van der Waals surface area (Å²) in [7, 11) is 0. The minimum absolute atomic E-state index is 0.213. The molecule has 0 bridgehead atoms. The van der Waals surface area contributed by atoms with Crippen molar-refractivity contribution in [3.05, 3.63) is 64.7 Å².